The molecule has 3 N–H and O–H groups in total. The summed E-state index contributed by atoms with van der Waals surface area (Å²) in [6.07, 6.45) is -0.807. The van der Waals surface area contributed by atoms with Crippen LogP contribution in [0.1, 0.15) is 104 Å². The summed E-state index contributed by atoms with van der Waals surface area (Å²) in [4.78, 5) is 94.7. The second-order valence-corrected chi connectivity index (χ2v) is 22.8. The molecule has 3 aromatic carbocycles. The molecule has 3 heterocycles. The number of ether oxygens (including phenoxy) is 9. The number of carbonyl (C=O) groups excluding carboxylic acids is 6. The lowest BCUT2D eigenvalue weighted by Crippen LogP contribution is -2.48. The molecule has 21 heteroatoms. The Hall–Kier alpha value is -8.23. The SMILES string of the molecule is COc1cc(-c2c3c4cc(OC)c(OC(=O)[C@H](NC(=O)OC(C)(C)C)C(C)C)cc4oc(=O)c3n3ccc4cc(OC(=O)[C@H](NC(=O)OC(C)(C)C)C(C)C)c(OC)cc4c23)ccc1OC(=O)[C@H](NC(=O)OC(C)(C)C)C(C)C. The molecule has 0 saturated carbocycles. The van der Waals surface area contributed by atoms with Crippen LogP contribution < -0.4 is 50.0 Å². The highest BCUT2D eigenvalue weighted by Crippen LogP contribution is 2.47. The monoisotopic (exact) mass is 1100 g/mol. The van der Waals surface area contributed by atoms with Crippen molar-refractivity contribution >= 4 is 74.3 Å². The second-order valence-electron chi connectivity index (χ2n) is 22.8. The van der Waals surface area contributed by atoms with Gasteiger partial charge in [0.2, 0.25) is 0 Å². The lowest BCUT2D eigenvalue weighted by molar-refractivity contribution is -0.138. The number of pyridine rings is 1. The quantitative estimate of drug-likeness (QED) is 0.0352. The van der Waals surface area contributed by atoms with Crippen LogP contribution in [-0.4, -0.2) is 96.8 Å². The highest BCUT2D eigenvalue weighted by atomic mass is 16.6. The average Bonchev–Trinajstić information content (AvgIpc) is 3.91. The van der Waals surface area contributed by atoms with Crippen molar-refractivity contribution in [2.24, 2.45) is 17.8 Å². The number of alkyl carbamates (subject to hydrolysis) is 3. The van der Waals surface area contributed by atoms with E-state index in [0.29, 0.717) is 38.2 Å². The minimum absolute atomic E-state index is 0.00193. The Morgan fingerprint density at radius 2 is 0.899 bits per heavy atom. The van der Waals surface area contributed by atoms with Crippen LogP contribution in [0.4, 0.5) is 14.4 Å². The van der Waals surface area contributed by atoms with Crippen molar-refractivity contribution in [1.82, 2.24) is 20.4 Å². The van der Waals surface area contributed by atoms with Gasteiger partial charge >= 0.3 is 41.8 Å². The van der Waals surface area contributed by atoms with E-state index in [1.807, 2.05) is 0 Å². The van der Waals surface area contributed by atoms with Gasteiger partial charge in [0.05, 0.1) is 26.8 Å². The number of hydrogen-bond acceptors (Lipinski definition) is 17. The largest absolute Gasteiger partial charge is 0.493 e. The average molecular weight is 1100 g/mol. The zero-order chi connectivity index (χ0) is 58.8. The third-order valence-corrected chi connectivity index (χ3v) is 12.0. The van der Waals surface area contributed by atoms with Crippen LogP contribution in [0.2, 0.25) is 0 Å². The predicted molar refractivity (Wildman–Crippen MR) is 294 cm³/mol. The second kappa shape index (κ2) is 23.4. The number of fused-ring (bicyclic) bond motifs is 7. The third kappa shape index (κ3) is 14.1. The minimum Gasteiger partial charge on any atom is -0.493 e. The van der Waals surface area contributed by atoms with Gasteiger partial charge in [-0.05, 0) is 127 Å². The summed E-state index contributed by atoms with van der Waals surface area (Å²) in [5, 5.41) is 9.45. The highest BCUT2D eigenvalue weighted by molar-refractivity contribution is 6.22. The van der Waals surface area contributed by atoms with Crippen molar-refractivity contribution in [2.75, 3.05) is 21.3 Å². The molecule has 6 rings (SSSR count). The summed E-state index contributed by atoms with van der Waals surface area (Å²) in [5.74, 6) is -3.59. The molecule has 6 aromatic rings. The van der Waals surface area contributed by atoms with Crippen molar-refractivity contribution in [3.8, 4) is 45.6 Å². The number of nitrogens with one attached hydrogen (secondary N) is 3. The maximum absolute atomic E-state index is 14.6. The van der Waals surface area contributed by atoms with Gasteiger partial charge in [0.25, 0.3) is 0 Å². The summed E-state index contributed by atoms with van der Waals surface area (Å²) in [6, 6.07) is 9.18. The zero-order valence-electron chi connectivity index (χ0n) is 48.0. The van der Waals surface area contributed by atoms with E-state index in [-0.39, 0.29) is 45.6 Å². The molecular weight excluding hydrogens is 1020 g/mol. The third-order valence-electron chi connectivity index (χ3n) is 12.0. The molecule has 3 amide bonds. The fraction of sp³-hybridized carbons (Fsp3) is 0.466. The molecule has 0 saturated heterocycles. The van der Waals surface area contributed by atoms with E-state index >= 15 is 0 Å². The van der Waals surface area contributed by atoms with Gasteiger partial charge in [-0.2, -0.15) is 0 Å². The molecule has 0 aliphatic carbocycles. The van der Waals surface area contributed by atoms with Crippen molar-refractivity contribution in [1.29, 1.82) is 0 Å². The van der Waals surface area contributed by atoms with Crippen LogP contribution in [0, 0.1) is 17.8 Å². The van der Waals surface area contributed by atoms with Crippen LogP contribution >= 0.6 is 0 Å². The van der Waals surface area contributed by atoms with Crippen molar-refractivity contribution < 1.29 is 75.8 Å². The van der Waals surface area contributed by atoms with Gasteiger partial charge in [0.1, 0.15) is 46.0 Å². The molecule has 0 aliphatic heterocycles. The first-order chi connectivity index (χ1) is 36.7. The van der Waals surface area contributed by atoms with E-state index in [2.05, 4.69) is 16.0 Å². The molecule has 0 aliphatic rings. The fourth-order valence-corrected chi connectivity index (χ4v) is 8.49. The highest BCUT2D eigenvalue weighted by Gasteiger charge is 2.34. The van der Waals surface area contributed by atoms with Gasteiger partial charge < -0.3 is 67.4 Å². The summed E-state index contributed by atoms with van der Waals surface area (Å²) in [5.41, 5.74) is -2.00. The zero-order valence-corrected chi connectivity index (χ0v) is 48.0. The fourth-order valence-electron chi connectivity index (χ4n) is 8.49. The van der Waals surface area contributed by atoms with Gasteiger partial charge in [0.15, 0.2) is 34.5 Å². The standard InChI is InChI=1S/C58H72N4O17/c1-28(2)44(59-53(67)77-56(7,8)9)49(63)73-35-20-19-32(24-37(35)70-16)42-43-34-26-39(72-18)41(76-51(65)46(30(5)6)61-55(69)79-58(13,14)15)27-36(34)74-52(66)48(43)62-22-21-31-23-40(38(71-17)25-33(31)47(42)62)75-50(64)45(29(3)4)60-54(68)78-57(10,11)12/h19-30,44-46H,1-18H3,(H,59,67)(H,60,68)(H,61,69)/t44-,45-,46-/m1/s1. The lowest BCUT2D eigenvalue weighted by atomic mass is 9.97. The number of esters is 3. The molecule has 0 fully saturated rings. The Kier molecular flexibility index (Phi) is 17.8. The van der Waals surface area contributed by atoms with Crippen molar-refractivity contribution in [3.63, 3.8) is 0 Å². The number of carbonyl (C=O) groups is 6. The molecule has 3 aromatic heterocycles. The molecule has 0 unspecified atom stereocenters. The van der Waals surface area contributed by atoms with Crippen LogP contribution in [-0.2, 0) is 28.6 Å². The molecule has 0 radical (unpaired) electrons. The molecule has 3 atom stereocenters. The Morgan fingerprint density at radius 1 is 0.494 bits per heavy atom. The number of amides is 3. The summed E-state index contributed by atoms with van der Waals surface area (Å²) in [7, 11) is 4.14. The molecule has 79 heavy (non-hydrogen) atoms. The van der Waals surface area contributed by atoms with Gasteiger partial charge in [-0.3, -0.25) is 0 Å². The van der Waals surface area contributed by atoms with E-state index in [0.717, 1.165) is 0 Å². The number of methoxy groups -OCH3 is 3. The summed E-state index contributed by atoms with van der Waals surface area (Å²) in [6.45, 7) is 25.7. The summed E-state index contributed by atoms with van der Waals surface area (Å²) < 4.78 is 59.2. The first kappa shape index (κ1) is 60.0. The molecule has 0 bridgehead atoms. The van der Waals surface area contributed by atoms with Crippen LogP contribution in [0.15, 0.2) is 63.9 Å². The van der Waals surface area contributed by atoms with Crippen LogP contribution in [0.25, 0.3) is 49.3 Å². The molecule has 0 spiro atoms. The van der Waals surface area contributed by atoms with Gasteiger partial charge in [-0.15, -0.1) is 0 Å². The van der Waals surface area contributed by atoms with E-state index in [4.69, 9.17) is 47.0 Å². The Labute approximate surface area is 457 Å². The predicted octanol–water partition coefficient (Wildman–Crippen LogP) is 10.4. The minimum atomic E-state index is -1.16. The molecule has 21 nitrogen and oxygen atoms in total. The smallest absolute Gasteiger partial charge is 0.408 e. The van der Waals surface area contributed by atoms with Gasteiger partial charge in [-0.1, -0.05) is 47.6 Å². The van der Waals surface area contributed by atoms with Gasteiger partial charge in [0, 0.05) is 34.0 Å². The number of hydrogen-bond donors (Lipinski definition) is 3. The topological polar surface area (TPSA) is 256 Å². The van der Waals surface area contributed by atoms with E-state index in [1.54, 1.807) is 151 Å². The van der Waals surface area contributed by atoms with Crippen molar-refractivity contribution in [2.45, 2.75) is 139 Å². The lowest BCUT2D eigenvalue weighted by Gasteiger charge is -2.25. The maximum atomic E-state index is 14.6. The Bertz CT molecular complexity index is 3390. The van der Waals surface area contributed by atoms with Crippen LogP contribution in [0.5, 0.6) is 34.5 Å². The molecule has 426 valence electrons. The number of nitrogens with zero attached hydrogens (tertiary/aromatic N) is 1. The summed E-state index contributed by atoms with van der Waals surface area (Å²) >= 11 is 0. The van der Waals surface area contributed by atoms with Crippen molar-refractivity contribution in [3.05, 3.63) is 65.1 Å². The van der Waals surface area contributed by atoms with Gasteiger partial charge in [-0.25, -0.2) is 33.6 Å². The first-order valence-corrected chi connectivity index (χ1v) is 25.7. The Balaban J connectivity index is 1.58. The Morgan fingerprint density at radius 3 is 1.32 bits per heavy atom. The first-order valence-electron chi connectivity index (χ1n) is 25.7. The van der Waals surface area contributed by atoms with E-state index < -0.39 is 94.5 Å². The van der Waals surface area contributed by atoms with E-state index in [9.17, 15) is 33.6 Å². The number of benzene rings is 3. The van der Waals surface area contributed by atoms with E-state index in [1.165, 1.54) is 33.5 Å². The maximum Gasteiger partial charge on any atom is 0.408 e. The van der Waals surface area contributed by atoms with Crippen LogP contribution in [0.3, 0.4) is 0 Å². The molecular formula is C58H72N4O17. The normalized spacial score (nSPS) is 13.2. The number of rotatable bonds is 16. The number of aromatic nitrogens is 1.